The van der Waals surface area contributed by atoms with Gasteiger partial charge in [0, 0.05) is 24.3 Å². The van der Waals surface area contributed by atoms with Crippen LogP contribution in [0.25, 0.3) is 0 Å². The molecule has 3 rings (SSSR count). The van der Waals surface area contributed by atoms with Gasteiger partial charge in [-0.2, -0.15) is 0 Å². The molecule has 0 aliphatic carbocycles. The topological polar surface area (TPSA) is 111 Å². The van der Waals surface area contributed by atoms with Crippen LogP contribution in [0.2, 0.25) is 0 Å². The molecule has 1 atom stereocenters. The third-order valence-electron chi connectivity index (χ3n) is 5.03. The molecular formula is C24H26N2O7. The standard InChI is InChI=1S/C24H26N2O7/c1-3-12-32-23(29)16-4-6-18(7-5-16)25-21(27)15-33-24(30)17-13-22(28)26(14-17)19-8-10-20(31-2)11-9-19/h4-11,17H,3,12-15H2,1-2H3,(H,25,27). The predicted molar refractivity (Wildman–Crippen MR) is 120 cm³/mol. The molecule has 0 aromatic heterocycles. The highest BCUT2D eigenvalue weighted by molar-refractivity contribution is 6.00. The van der Waals surface area contributed by atoms with E-state index in [1.165, 1.54) is 17.0 Å². The summed E-state index contributed by atoms with van der Waals surface area (Å²) in [6.45, 7) is 1.95. The molecule has 9 nitrogen and oxygen atoms in total. The number of hydrogen-bond donors (Lipinski definition) is 1. The number of benzene rings is 2. The molecular weight excluding hydrogens is 428 g/mol. The van der Waals surface area contributed by atoms with Crippen LogP contribution in [-0.4, -0.2) is 50.6 Å². The quantitative estimate of drug-likeness (QED) is 0.580. The molecule has 1 saturated heterocycles. The Balaban J connectivity index is 1.46. The molecule has 1 fully saturated rings. The molecule has 1 aliphatic rings. The summed E-state index contributed by atoms with van der Waals surface area (Å²) in [5.41, 5.74) is 1.49. The molecule has 33 heavy (non-hydrogen) atoms. The van der Waals surface area contributed by atoms with Gasteiger partial charge in [-0.3, -0.25) is 14.4 Å². The fourth-order valence-corrected chi connectivity index (χ4v) is 3.30. The van der Waals surface area contributed by atoms with Crippen molar-refractivity contribution >= 4 is 35.1 Å². The average molecular weight is 454 g/mol. The Kier molecular flexibility index (Phi) is 8.01. The van der Waals surface area contributed by atoms with Gasteiger partial charge in [0.2, 0.25) is 5.91 Å². The van der Waals surface area contributed by atoms with E-state index in [4.69, 9.17) is 14.2 Å². The molecule has 0 bridgehead atoms. The number of anilines is 2. The van der Waals surface area contributed by atoms with Gasteiger partial charge in [0.1, 0.15) is 5.75 Å². The minimum atomic E-state index is -0.652. The number of carbonyl (C=O) groups is 4. The van der Waals surface area contributed by atoms with Crippen LogP contribution < -0.4 is 15.0 Å². The highest BCUT2D eigenvalue weighted by Crippen LogP contribution is 2.27. The number of nitrogens with zero attached hydrogens (tertiary/aromatic N) is 1. The van der Waals surface area contributed by atoms with Gasteiger partial charge in [-0.05, 0) is 55.0 Å². The second kappa shape index (κ2) is 11.1. The van der Waals surface area contributed by atoms with E-state index in [2.05, 4.69) is 5.32 Å². The second-order valence-electron chi connectivity index (χ2n) is 7.47. The normalized spacial score (nSPS) is 15.2. The van der Waals surface area contributed by atoms with Gasteiger partial charge in [0.15, 0.2) is 6.61 Å². The SMILES string of the molecule is CCCOC(=O)c1ccc(NC(=O)COC(=O)C2CC(=O)N(c3ccc(OC)cc3)C2)cc1. The fraction of sp³-hybridized carbons (Fsp3) is 0.333. The maximum absolute atomic E-state index is 12.4. The van der Waals surface area contributed by atoms with E-state index >= 15 is 0 Å². The van der Waals surface area contributed by atoms with Crippen molar-refractivity contribution in [3.05, 3.63) is 54.1 Å². The van der Waals surface area contributed by atoms with Crippen LogP contribution in [0.1, 0.15) is 30.1 Å². The van der Waals surface area contributed by atoms with Crippen molar-refractivity contribution in [1.29, 1.82) is 0 Å². The van der Waals surface area contributed by atoms with Crippen molar-refractivity contribution in [1.82, 2.24) is 0 Å². The van der Waals surface area contributed by atoms with Gasteiger partial charge < -0.3 is 24.4 Å². The van der Waals surface area contributed by atoms with Crippen molar-refractivity contribution in [2.24, 2.45) is 5.92 Å². The number of amides is 2. The maximum Gasteiger partial charge on any atom is 0.338 e. The van der Waals surface area contributed by atoms with E-state index in [-0.39, 0.29) is 18.9 Å². The van der Waals surface area contributed by atoms with Gasteiger partial charge in [0.25, 0.3) is 5.91 Å². The van der Waals surface area contributed by atoms with E-state index in [1.54, 1.807) is 43.5 Å². The lowest BCUT2D eigenvalue weighted by Crippen LogP contribution is -2.28. The molecule has 2 aromatic carbocycles. The van der Waals surface area contributed by atoms with Crippen molar-refractivity contribution in [3.8, 4) is 5.75 Å². The van der Waals surface area contributed by atoms with Gasteiger partial charge in [-0.1, -0.05) is 6.92 Å². The maximum atomic E-state index is 12.4. The van der Waals surface area contributed by atoms with Crippen LogP contribution in [0.4, 0.5) is 11.4 Å². The molecule has 0 saturated carbocycles. The third-order valence-corrected chi connectivity index (χ3v) is 5.03. The minimum Gasteiger partial charge on any atom is -0.497 e. The van der Waals surface area contributed by atoms with E-state index < -0.39 is 30.4 Å². The Bertz CT molecular complexity index is 1000. The molecule has 1 N–H and O–H groups in total. The van der Waals surface area contributed by atoms with Gasteiger partial charge >= 0.3 is 11.9 Å². The number of hydrogen-bond acceptors (Lipinski definition) is 7. The van der Waals surface area contributed by atoms with Crippen LogP contribution in [0.5, 0.6) is 5.75 Å². The van der Waals surface area contributed by atoms with Gasteiger partial charge in [-0.25, -0.2) is 4.79 Å². The Morgan fingerprint density at radius 3 is 2.36 bits per heavy atom. The first-order valence-electron chi connectivity index (χ1n) is 10.6. The van der Waals surface area contributed by atoms with Crippen molar-refractivity contribution < 1.29 is 33.4 Å². The van der Waals surface area contributed by atoms with Gasteiger partial charge in [0.05, 0.1) is 25.2 Å². The molecule has 9 heteroatoms. The lowest BCUT2D eigenvalue weighted by Gasteiger charge is -2.16. The van der Waals surface area contributed by atoms with Crippen molar-refractivity contribution in [2.45, 2.75) is 19.8 Å². The number of rotatable bonds is 9. The summed E-state index contributed by atoms with van der Waals surface area (Å²) >= 11 is 0. The number of methoxy groups -OCH3 is 1. The zero-order valence-corrected chi connectivity index (χ0v) is 18.5. The lowest BCUT2D eigenvalue weighted by molar-refractivity contribution is -0.151. The van der Waals surface area contributed by atoms with E-state index in [9.17, 15) is 19.2 Å². The second-order valence-corrected chi connectivity index (χ2v) is 7.47. The zero-order chi connectivity index (χ0) is 23.8. The van der Waals surface area contributed by atoms with Crippen LogP contribution in [0.3, 0.4) is 0 Å². The highest BCUT2D eigenvalue weighted by Gasteiger charge is 2.36. The molecule has 1 heterocycles. The molecule has 0 spiro atoms. The first kappa shape index (κ1) is 23.8. The van der Waals surface area contributed by atoms with Gasteiger partial charge in [-0.15, -0.1) is 0 Å². The zero-order valence-electron chi connectivity index (χ0n) is 18.5. The lowest BCUT2D eigenvalue weighted by atomic mass is 10.1. The molecule has 2 aromatic rings. The van der Waals surface area contributed by atoms with Crippen LogP contribution in [0.15, 0.2) is 48.5 Å². The molecule has 1 aliphatic heterocycles. The number of ether oxygens (including phenoxy) is 3. The predicted octanol–water partition coefficient (Wildman–Crippen LogP) is 2.80. The summed E-state index contributed by atoms with van der Waals surface area (Å²) in [5.74, 6) is -1.74. The molecule has 2 amide bonds. The minimum absolute atomic E-state index is 0.0159. The Morgan fingerprint density at radius 1 is 1.03 bits per heavy atom. The number of esters is 2. The van der Waals surface area contributed by atoms with Crippen LogP contribution in [-0.2, 0) is 23.9 Å². The van der Waals surface area contributed by atoms with E-state index in [0.717, 1.165) is 6.42 Å². The average Bonchev–Trinajstić information content (AvgIpc) is 3.23. The smallest absolute Gasteiger partial charge is 0.338 e. The van der Waals surface area contributed by atoms with Crippen molar-refractivity contribution in [3.63, 3.8) is 0 Å². The summed E-state index contributed by atoms with van der Waals surface area (Å²) in [6, 6.07) is 13.2. The summed E-state index contributed by atoms with van der Waals surface area (Å²) in [4.78, 5) is 50.2. The Hall–Kier alpha value is -3.88. The van der Waals surface area contributed by atoms with Crippen molar-refractivity contribution in [2.75, 3.05) is 37.1 Å². The Labute approximate surface area is 191 Å². The first-order valence-corrected chi connectivity index (χ1v) is 10.6. The largest absolute Gasteiger partial charge is 0.497 e. The highest BCUT2D eigenvalue weighted by atomic mass is 16.5. The third kappa shape index (κ3) is 6.31. The summed E-state index contributed by atoms with van der Waals surface area (Å²) < 4.78 is 15.3. The summed E-state index contributed by atoms with van der Waals surface area (Å²) in [5, 5.41) is 2.59. The van der Waals surface area contributed by atoms with E-state index in [1.807, 2.05) is 6.92 Å². The fourth-order valence-electron chi connectivity index (χ4n) is 3.30. The summed E-state index contributed by atoms with van der Waals surface area (Å²) in [7, 11) is 1.55. The van der Waals surface area contributed by atoms with Crippen LogP contribution >= 0.6 is 0 Å². The number of carbonyl (C=O) groups excluding carboxylic acids is 4. The molecule has 174 valence electrons. The van der Waals surface area contributed by atoms with Crippen LogP contribution in [0, 0.1) is 5.92 Å². The number of nitrogens with one attached hydrogen (secondary N) is 1. The molecule has 1 unspecified atom stereocenters. The Morgan fingerprint density at radius 2 is 1.73 bits per heavy atom. The first-order chi connectivity index (χ1) is 15.9. The summed E-state index contributed by atoms with van der Waals surface area (Å²) in [6.07, 6.45) is 0.745. The molecule has 0 radical (unpaired) electrons. The van der Waals surface area contributed by atoms with E-state index in [0.29, 0.717) is 29.3 Å². The monoisotopic (exact) mass is 454 g/mol.